The van der Waals surface area contributed by atoms with Gasteiger partial charge in [-0.3, -0.25) is 4.90 Å². The van der Waals surface area contributed by atoms with Crippen LogP contribution in [0.2, 0.25) is 0 Å². The average Bonchev–Trinajstić information content (AvgIpc) is 3.48. The van der Waals surface area contributed by atoms with Crippen LogP contribution in [0.5, 0.6) is 0 Å². The second-order valence-electron chi connectivity index (χ2n) is 6.67. The number of nitrogens with one attached hydrogen (secondary N) is 1. The lowest BCUT2D eigenvalue weighted by Gasteiger charge is -2.35. The number of ether oxygens (including phenoxy) is 1. The van der Waals surface area contributed by atoms with Crippen molar-refractivity contribution in [2.24, 2.45) is 0 Å². The van der Waals surface area contributed by atoms with Gasteiger partial charge in [-0.1, -0.05) is 12.1 Å². The number of hydrogen-bond donors (Lipinski definition) is 1. The van der Waals surface area contributed by atoms with Crippen molar-refractivity contribution in [3.05, 3.63) is 53.7 Å². The van der Waals surface area contributed by atoms with Crippen LogP contribution < -0.4 is 5.32 Å². The summed E-state index contributed by atoms with van der Waals surface area (Å²) < 4.78 is 19.2. The summed E-state index contributed by atoms with van der Waals surface area (Å²) in [6, 6.07) is 8.85. The van der Waals surface area contributed by atoms with E-state index < -0.39 is 0 Å². The van der Waals surface area contributed by atoms with E-state index in [1.165, 1.54) is 18.9 Å². The molecule has 1 aromatic heterocycles. The van der Waals surface area contributed by atoms with Crippen molar-refractivity contribution >= 4 is 5.82 Å². The van der Waals surface area contributed by atoms with E-state index in [0.717, 1.165) is 30.3 Å². The zero-order valence-electron chi connectivity index (χ0n) is 14.2. The number of nitrogens with zero attached hydrogens (tertiary/aromatic N) is 3. The van der Waals surface area contributed by atoms with Crippen LogP contribution in [0.25, 0.3) is 0 Å². The fraction of sp³-hybridized carbons (Fsp3) is 0.474. The summed E-state index contributed by atoms with van der Waals surface area (Å²) in [5, 5.41) is 3.43. The van der Waals surface area contributed by atoms with Gasteiger partial charge < -0.3 is 10.1 Å². The molecule has 1 aromatic carbocycles. The summed E-state index contributed by atoms with van der Waals surface area (Å²) >= 11 is 0. The van der Waals surface area contributed by atoms with Crippen molar-refractivity contribution in [1.82, 2.24) is 14.9 Å². The van der Waals surface area contributed by atoms with Crippen LogP contribution >= 0.6 is 0 Å². The van der Waals surface area contributed by atoms with Crippen LogP contribution in [0.3, 0.4) is 0 Å². The molecule has 132 valence electrons. The summed E-state index contributed by atoms with van der Waals surface area (Å²) in [7, 11) is 0. The molecule has 4 rings (SSSR count). The lowest BCUT2D eigenvalue weighted by Crippen LogP contribution is -2.41. The maximum atomic E-state index is 13.7. The first kappa shape index (κ1) is 16.4. The number of aromatic nitrogens is 2. The van der Waals surface area contributed by atoms with Crippen molar-refractivity contribution < 1.29 is 9.13 Å². The number of halogens is 1. The van der Waals surface area contributed by atoms with E-state index in [0.29, 0.717) is 25.7 Å². The quantitative estimate of drug-likeness (QED) is 0.875. The molecule has 2 aliphatic rings. The third-order valence-corrected chi connectivity index (χ3v) is 4.81. The monoisotopic (exact) mass is 342 g/mol. The molecular formula is C19H23FN4O. The molecule has 2 heterocycles. The SMILES string of the molecule is Fc1cccc(C(CNc2ccnc(C3CC3)n2)N2CCOCC2)c1. The molecule has 0 amide bonds. The summed E-state index contributed by atoms with van der Waals surface area (Å²) in [6.07, 6.45) is 4.18. The first-order valence-electron chi connectivity index (χ1n) is 8.94. The first-order valence-corrected chi connectivity index (χ1v) is 8.94. The van der Waals surface area contributed by atoms with E-state index in [1.54, 1.807) is 12.1 Å². The topological polar surface area (TPSA) is 50.3 Å². The summed E-state index contributed by atoms with van der Waals surface area (Å²) in [4.78, 5) is 11.3. The highest BCUT2D eigenvalue weighted by molar-refractivity contribution is 5.35. The standard InChI is InChI=1S/C19H23FN4O/c20-16-3-1-2-15(12-16)17(24-8-10-25-11-9-24)13-22-18-6-7-21-19(23-18)14-4-5-14/h1-3,6-7,12,14,17H,4-5,8-11,13H2,(H,21,22,23). The minimum atomic E-state index is -0.200. The van der Waals surface area contributed by atoms with E-state index in [4.69, 9.17) is 4.74 Å². The summed E-state index contributed by atoms with van der Waals surface area (Å²) in [5.74, 6) is 2.10. The van der Waals surface area contributed by atoms with Gasteiger partial charge in [-0.2, -0.15) is 0 Å². The highest BCUT2D eigenvalue weighted by Gasteiger charge is 2.27. The Balaban J connectivity index is 1.50. The van der Waals surface area contributed by atoms with Gasteiger partial charge in [0.2, 0.25) is 0 Å². The molecule has 1 aliphatic carbocycles. The molecule has 1 saturated heterocycles. The first-order chi connectivity index (χ1) is 12.3. The van der Waals surface area contributed by atoms with Gasteiger partial charge in [0, 0.05) is 31.7 Å². The van der Waals surface area contributed by atoms with Crippen LogP contribution in [0, 0.1) is 5.82 Å². The molecular weight excluding hydrogens is 319 g/mol. The minimum absolute atomic E-state index is 0.0824. The Kier molecular flexibility index (Phi) is 4.90. The zero-order chi connectivity index (χ0) is 17.1. The predicted octanol–water partition coefficient (Wildman–Crippen LogP) is 2.98. The molecule has 25 heavy (non-hydrogen) atoms. The van der Waals surface area contributed by atoms with Gasteiger partial charge in [0.05, 0.1) is 19.3 Å². The zero-order valence-corrected chi connectivity index (χ0v) is 14.2. The Labute approximate surface area is 147 Å². The van der Waals surface area contributed by atoms with E-state index in [2.05, 4.69) is 20.2 Å². The number of rotatable bonds is 6. The molecule has 1 aliphatic heterocycles. The summed E-state index contributed by atoms with van der Waals surface area (Å²) in [5.41, 5.74) is 0.978. The predicted molar refractivity (Wildman–Crippen MR) is 94.0 cm³/mol. The highest BCUT2D eigenvalue weighted by atomic mass is 19.1. The van der Waals surface area contributed by atoms with Crippen molar-refractivity contribution in [2.75, 3.05) is 38.2 Å². The molecule has 6 heteroatoms. The summed E-state index contributed by atoms with van der Waals surface area (Å²) in [6.45, 7) is 3.79. The Morgan fingerprint density at radius 3 is 2.84 bits per heavy atom. The molecule has 1 N–H and O–H groups in total. The van der Waals surface area contributed by atoms with E-state index >= 15 is 0 Å². The molecule has 0 radical (unpaired) electrons. The molecule has 1 atom stereocenters. The third-order valence-electron chi connectivity index (χ3n) is 4.81. The third kappa shape index (κ3) is 4.14. The Bertz CT molecular complexity index is 716. The van der Waals surface area contributed by atoms with Crippen molar-refractivity contribution in [1.29, 1.82) is 0 Å². The lowest BCUT2D eigenvalue weighted by atomic mass is 10.0. The fourth-order valence-electron chi connectivity index (χ4n) is 3.27. The van der Waals surface area contributed by atoms with Crippen molar-refractivity contribution in [2.45, 2.75) is 24.8 Å². The second kappa shape index (κ2) is 7.45. The van der Waals surface area contributed by atoms with Crippen molar-refractivity contribution in [3.63, 3.8) is 0 Å². The van der Waals surface area contributed by atoms with Crippen LogP contribution in [0.4, 0.5) is 10.2 Å². The number of anilines is 1. The Morgan fingerprint density at radius 2 is 2.08 bits per heavy atom. The van der Waals surface area contributed by atoms with Gasteiger partial charge in [0.15, 0.2) is 0 Å². The average molecular weight is 342 g/mol. The molecule has 0 bridgehead atoms. The minimum Gasteiger partial charge on any atom is -0.379 e. The van der Waals surface area contributed by atoms with Crippen LogP contribution in [-0.2, 0) is 4.74 Å². The van der Waals surface area contributed by atoms with Crippen molar-refractivity contribution in [3.8, 4) is 0 Å². The second-order valence-corrected chi connectivity index (χ2v) is 6.67. The Hall–Kier alpha value is -2.05. The molecule has 2 fully saturated rings. The van der Waals surface area contributed by atoms with E-state index in [-0.39, 0.29) is 11.9 Å². The van der Waals surface area contributed by atoms with Crippen LogP contribution in [0.15, 0.2) is 36.5 Å². The highest BCUT2D eigenvalue weighted by Crippen LogP contribution is 2.38. The van der Waals surface area contributed by atoms with Gasteiger partial charge in [0.1, 0.15) is 17.5 Å². The van der Waals surface area contributed by atoms with Gasteiger partial charge in [-0.25, -0.2) is 14.4 Å². The molecule has 0 spiro atoms. The smallest absolute Gasteiger partial charge is 0.133 e. The maximum absolute atomic E-state index is 13.7. The number of morpholine rings is 1. The molecule has 1 saturated carbocycles. The normalized spacial score (nSPS) is 19.6. The number of hydrogen-bond acceptors (Lipinski definition) is 5. The van der Waals surface area contributed by atoms with Gasteiger partial charge >= 0.3 is 0 Å². The van der Waals surface area contributed by atoms with Gasteiger partial charge in [-0.15, -0.1) is 0 Å². The van der Waals surface area contributed by atoms with E-state index in [1.807, 2.05) is 18.3 Å². The maximum Gasteiger partial charge on any atom is 0.133 e. The Morgan fingerprint density at radius 1 is 1.24 bits per heavy atom. The molecule has 1 unspecified atom stereocenters. The number of benzene rings is 1. The van der Waals surface area contributed by atoms with Gasteiger partial charge in [-0.05, 0) is 36.6 Å². The molecule has 2 aromatic rings. The van der Waals surface area contributed by atoms with E-state index in [9.17, 15) is 4.39 Å². The lowest BCUT2D eigenvalue weighted by molar-refractivity contribution is 0.0186. The van der Waals surface area contributed by atoms with Crippen LogP contribution in [0.1, 0.15) is 36.2 Å². The van der Waals surface area contributed by atoms with Crippen LogP contribution in [-0.4, -0.2) is 47.7 Å². The largest absolute Gasteiger partial charge is 0.379 e. The van der Waals surface area contributed by atoms with Gasteiger partial charge in [0.25, 0.3) is 0 Å². The molecule has 5 nitrogen and oxygen atoms in total. The fourth-order valence-corrected chi connectivity index (χ4v) is 3.27.